The Kier molecular flexibility index (Phi) is 3.74. The number of carbonyl (C=O) groups is 1. The number of ether oxygens (including phenoxy) is 1. The van der Waals surface area contributed by atoms with Crippen molar-refractivity contribution in [3.8, 4) is 11.1 Å². The number of hydrogen-bond donors (Lipinski definition) is 1. The van der Waals surface area contributed by atoms with Crippen LogP contribution in [-0.2, 0) is 4.74 Å². The molecular formula is C19H17NO3. The molecule has 0 fully saturated rings. The van der Waals surface area contributed by atoms with Crippen molar-refractivity contribution in [2.45, 2.75) is 13.8 Å². The van der Waals surface area contributed by atoms with E-state index in [2.05, 4.69) is 4.98 Å². The summed E-state index contributed by atoms with van der Waals surface area (Å²) in [6.45, 7) is 3.95. The van der Waals surface area contributed by atoms with Gasteiger partial charge in [0.15, 0.2) is 0 Å². The van der Waals surface area contributed by atoms with Gasteiger partial charge in [-0.05, 0) is 65.8 Å². The third-order valence-corrected chi connectivity index (χ3v) is 4.08. The first kappa shape index (κ1) is 15.0. The summed E-state index contributed by atoms with van der Waals surface area (Å²) in [6.07, 6.45) is 1.71. The number of benzene rings is 2. The zero-order valence-electron chi connectivity index (χ0n) is 13.3. The highest BCUT2D eigenvalue weighted by Crippen LogP contribution is 2.28. The van der Waals surface area contributed by atoms with Crippen LogP contribution in [0.1, 0.15) is 21.5 Å². The highest BCUT2D eigenvalue weighted by Gasteiger charge is 2.11. The molecule has 0 unspecified atom stereocenters. The van der Waals surface area contributed by atoms with Crippen LogP contribution in [0.4, 0.5) is 0 Å². The topological polar surface area (TPSA) is 59.2 Å². The minimum atomic E-state index is -0.361. The molecule has 2 aromatic carbocycles. The average Bonchev–Trinajstić information content (AvgIpc) is 2.57. The van der Waals surface area contributed by atoms with Crippen LogP contribution in [0.15, 0.2) is 47.4 Å². The van der Waals surface area contributed by atoms with E-state index in [1.54, 1.807) is 12.3 Å². The lowest BCUT2D eigenvalue weighted by atomic mass is 9.95. The minimum absolute atomic E-state index is 0.0998. The monoisotopic (exact) mass is 307 g/mol. The second-order valence-electron chi connectivity index (χ2n) is 5.58. The Hall–Kier alpha value is -2.88. The molecule has 4 heteroatoms. The lowest BCUT2D eigenvalue weighted by Crippen LogP contribution is -2.06. The van der Waals surface area contributed by atoms with E-state index in [1.807, 2.05) is 44.2 Å². The maximum atomic E-state index is 11.9. The van der Waals surface area contributed by atoms with Crippen LogP contribution >= 0.6 is 0 Å². The molecule has 0 radical (unpaired) electrons. The zero-order chi connectivity index (χ0) is 16.6. The van der Waals surface area contributed by atoms with Crippen molar-refractivity contribution in [1.82, 2.24) is 4.98 Å². The molecule has 1 heterocycles. The van der Waals surface area contributed by atoms with Crippen molar-refractivity contribution in [2.75, 3.05) is 7.11 Å². The van der Waals surface area contributed by atoms with E-state index in [9.17, 15) is 9.59 Å². The number of aromatic nitrogens is 1. The highest BCUT2D eigenvalue weighted by molar-refractivity contribution is 5.93. The summed E-state index contributed by atoms with van der Waals surface area (Å²) in [5, 5.41) is 1.57. The summed E-state index contributed by atoms with van der Waals surface area (Å²) < 4.78 is 4.79. The number of methoxy groups -OCH3 is 1. The van der Waals surface area contributed by atoms with Gasteiger partial charge < -0.3 is 9.72 Å². The fraction of sp³-hybridized carbons (Fsp3) is 0.158. The van der Waals surface area contributed by atoms with Crippen molar-refractivity contribution in [2.24, 2.45) is 0 Å². The van der Waals surface area contributed by atoms with Gasteiger partial charge in [0, 0.05) is 11.6 Å². The summed E-state index contributed by atoms with van der Waals surface area (Å²) in [5.74, 6) is -0.361. The SMILES string of the molecule is COC(=O)c1ccc(C)c(-c2ccc3c(=O)[nH]cc(C)c3c2)c1. The van der Waals surface area contributed by atoms with Gasteiger partial charge >= 0.3 is 5.97 Å². The molecule has 0 amide bonds. The quantitative estimate of drug-likeness (QED) is 0.736. The third kappa shape index (κ3) is 2.63. The lowest BCUT2D eigenvalue weighted by Gasteiger charge is -2.10. The van der Waals surface area contributed by atoms with Crippen LogP contribution < -0.4 is 5.56 Å². The van der Waals surface area contributed by atoms with Crippen molar-refractivity contribution in [1.29, 1.82) is 0 Å². The normalized spacial score (nSPS) is 10.7. The second-order valence-corrected chi connectivity index (χ2v) is 5.58. The summed E-state index contributed by atoms with van der Waals surface area (Å²) >= 11 is 0. The summed E-state index contributed by atoms with van der Waals surface area (Å²) in [7, 11) is 1.37. The van der Waals surface area contributed by atoms with E-state index in [4.69, 9.17) is 4.74 Å². The lowest BCUT2D eigenvalue weighted by molar-refractivity contribution is 0.0601. The molecule has 0 atom stereocenters. The standard InChI is InChI=1S/C19H17NO3/c1-11-4-5-14(19(22)23-3)9-16(11)13-6-7-15-17(8-13)12(2)10-20-18(15)21/h4-10H,1-3H3,(H,20,21). The molecule has 1 aromatic heterocycles. The Morgan fingerprint density at radius 3 is 2.52 bits per heavy atom. The number of H-pyrrole nitrogens is 1. The van der Waals surface area contributed by atoms with Crippen molar-refractivity contribution in [3.63, 3.8) is 0 Å². The van der Waals surface area contributed by atoms with Gasteiger partial charge in [-0.15, -0.1) is 0 Å². The molecular weight excluding hydrogens is 290 g/mol. The molecule has 4 nitrogen and oxygen atoms in total. The number of hydrogen-bond acceptors (Lipinski definition) is 3. The first-order valence-electron chi connectivity index (χ1n) is 7.32. The van der Waals surface area contributed by atoms with Gasteiger partial charge in [-0.1, -0.05) is 12.1 Å². The Labute approximate surface area is 133 Å². The first-order valence-corrected chi connectivity index (χ1v) is 7.32. The second kappa shape index (κ2) is 5.72. The van der Waals surface area contributed by atoms with E-state index < -0.39 is 0 Å². The van der Waals surface area contributed by atoms with Crippen molar-refractivity contribution >= 4 is 16.7 Å². The highest BCUT2D eigenvalue weighted by atomic mass is 16.5. The molecule has 0 aliphatic rings. The maximum Gasteiger partial charge on any atom is 0.337 e. The fourth-order valence-electron chi connectivity index (χ4n) is 2.74. The third-order valence-electron chi connectivity index (χ3n) is 4.08. The van der Waals surface area contributed by atoms with E-state index in [0.717, 1.165) is 27.6 Å². The van der Waals surface area contributed by atoms with Gasteiger partial charge in [-0.2, -0.15) is 0 Å². The molecule has 23 heavy (non-hydrogen) atoms. The molecule has 116 valence electrons. The number of aromatic amines is 1. The predicted octanol–water partition coefficient (Wildman–Crippen LogP) is 3.60. The van der Waals surface area contributed by atoms with Gasteiger partial charge in [0.25, 0.3) is 5.56 Å². The van der Waals surface area contributed by atoms with Crippen molar-refractivity contribution < 1.29 is 9.53 Å². The van der Waals surface area contributed by atoms with Crippen LogP contribution in [0.5, 0.6) is 0 Å². The number of fused-ring (bicyclic) bond motifs is 1. The Bertz CT molecular complexity index is 970. The summed E-state index contributed by atoms with van der Waals surface area (Å²) in [6, 6.07) is 11.2. The average molecular weight is 307 g/mol. The number of nitrogens with one attached hydrogen (secondary N) is 1. The van der Waals surface area contributed by atoms with Crippen LogP contribution in [-0.4, -0.2) is 18.1 Å². The van der Waals surface area contributed by atoms with Crippen LogP contribution in [0.25, 0.3) is 21.9 Å². The van der Waals surface area contributed by atoms with Crippen LogP contribution in [0.3, 0.4) is 0 Å². The summed E-state index contributed by atoms with van der Waals surface area (Å²) in [4.78, 5) is 26.4. The van der Waals surface area contributed by atoms with Gasteiger partial charge in [-0.25, -0.2) is 4.79 Å². The number of rotatable bonds is 2. The molecule has 1 N–H and O–H groups in total. The summed E-state index contributed by atoms with van der Waals surface area (Å²) in [5.41, 5.74) is 4.39. The first-order chi connectivity index (χ1) is 11.0. The fourth-order valence-corrected chi connectivity index (χ4v) is 2.74. The minimum Gasteiger partial charge on any atom is -0.465 e. The molecule has 0 saturated carbocycles. The van der Waals surface area contributed by atoms with Gasteiger partial charge in [0.05, 0.1) is 12.7 Å². The molecule has 0 bridgehead atoms. The number of carbonyl (C=O) groups excluding carboxylic acids is 1. The Morgan fingerprint density at radius 1 is 1.00 bits per heavy atom. The maximum absolute atomic E-state index is 11.9. The van der Waals surface area contributed by atoms with Gasteiger partial charge in [0.1, 0.15) is 0 Å². The van der Waals surface area contributed by atoms with E-state index in [-0.39, 0.29) is 11.5 Å². The molecule has 0 aliphatic carbocycles. The smallest absolute Gasteiger partial charge is 0.337 e. The number of esters is 1. The molecule has 0 saturated heterocycles. The molecule has 0 aliphatic heterocycles. The number of aryl methyl sites for hydroxylation is 2. The van der Waals surface area contributed by atoms with Gasteiger partial charge in [0.2, 0.25) is 0 Å². The molecule has 3 aromatic rings. The van der Waals surface area contributed by atoms with Crippen LogP contribution in [0.2, 0.25) is 0 Å². The van der Waals surface area contributed by atoms with E-state index in [1.165, 1.54) is 7.11 Å². The zero-order valence-corrected chi connectivity index (χ0v) is 13.3. The Balaban J connectivity index is 2.23. The van der Waals surface area contributed by atoms with Crippen molar-refractivity contribution in [3.05, 3.63) is 69.6 Å². The van der Waals surface area contributed by atoms with Crippen LogP contribution in [0, 0.1) is 13.8 Å². The molecule has 0 spiro atoms. The number of pyridine rings is 1. The Morgan fingerprint density at radius 2 is 1.78 bits per heavy atom. The largest absolute Gasteiger partial charge is 0.465 e. The predicted molar refractivity (Wildman–Crippen MR) is 90.8 cm³/mol. The van der Waals surface area contributed by atoms with Gasteiger partial charge in [-0.3, -0.25) is 4.79 Å². The molecule has 3 rings (SSSR count). The van der Waals surface area contributed by atoms with E-state index >= 15 is 0 Å². The van der Waals surface area contributed by atoms with E-state index in [0.29, 0.717) is 10.9 Å².